The van der Waals surface area contributed by atoms with Crippen molar-refractivity contribution in [1.29, 1.82) is 0 Å². The molecule has 1 saturated heterocycles. The number of carbonyl (C=O) groups is 1. The minimum absolute atomic E-state index is 0.279. The van der Waals surface area contributed by atoms with E-state index in [9.17, 15) is 9.90 Å². The SMILES string of the molecule is CCCCOCC1O[C@@H](O)[C@H](OC(=O)c2ccccc2)C(OCCCC)[C@@H]1OCCCC. The van der Waals surface area contributed by atoms with Gasteiger partial charge in [-0.25, -0.2) is 4.79 Å². The lowest BCUT2D eigenvalue weighted by molar-refractivity contribution is -0.302. The van der Waals surface area contributed by atoms with Crippen LogP contribution in [0, 0.1) is 0 Å². The number of hydrogen-bond acceptors (Lipinski definition) is 7. The van der Waals surface area contributed by atoms with E-state index in [4.69, 9.17) is 23.7 Å². The van der Waals surface area contributed by atoms with Gasteiger partial charge in [0.1, 0.15) is 18.3 Å². The van der Waals surface area contributed by atoms with Crippen LogP contribution in [0.2, 0.25) is 0 Å². The lowest BCUT2D eigenvalue weighted by Crippen LogP contribution is -2.61. The molecule has 1 aliphatic rings. The third kappa shape index (κ3) is 8.45. The molecular formula is C25H40O7. The molecular weight excluding hydrogens is 412 g/mol. The summed E-state index contributed by atoms with van der Waals surface area (Å²) < 4.78 is 29.6. The highest BCUT2D eigenvalue weighted by molar-refractivity contribution is 5.89. The smallest absolute Gasteiger partial charge is 0.338 e. The minimum Gasteiger partial charge on any atom is -0.450 e. The van der Waals surface area contributed by atoms with Gasteiger partial charge in [0.05, 0.1) is 12.2 Å². The van der Waals surface area contributed by atoms with Gasteiger partial charge < -0.3 is 28.8 Å². The van der Waals surface area contributed by atoms with Gasteiger partial charge in [-0.15, -0.1) is 0 Å². The zero-order valence-corrected chi connectivity index (χ0v) is 19.7. The second-order valence-electron chi connectivity index (χ2n) is 8.11. The van der Waals surface area contributed by atoms with Gasteiger partial charge in [0.2, 0.25) is 0 Å². The first-order valence-corrected chi connectivity index (χ1v) is 12.0. The lowest BCUT2D eigenvalue weighted by atomic mass is 9.98. The summed E-state index contributed by atoms with van der Waals surface area (Å²) in [6.45, 7) is 8.17. The predicted octanol–water partition coefficient (Wildman–Crippen LogP) is 4.12. The Morgan fingerprint density at radius 2 is 1.47 bits per heavy atom. The summed E-state index contributed by atoms with van der Waals surface area (Å²) in [6, 6.07) is 8.70. The molecule has 1 fully saturated rings. The Kier molecular flexibility index (Phi) is 12.8. The van der Waals surface area contributed by atoms with Crippen molar-refractivity contribution in [3.8, 4) is 0 Å². The number of esters is 1. The van der Waals surface area contributed by atoms with Crippen molar-refractivity contribution in [2.24, 2.45) is 0 Å². The van der Waals surface area contributed by atoms with Crippen molar-refractivity contribution in [2.45, 2.75) is 90.0 Å². The molecule has 1 aliphatic heterocycles. The second-order valence-corrected chi connectivity index (χ2v) is 8.11. The molecule has 0 aromatic heterocycles. The molecule has 5 atom stereocenters. The molecule has 0 spiro atoms. The largest absolute Gasteiger partial charge is 0.450 e. The predicted molar refractivity (Wildman–Crippen MR) is 122 cm³/mol. The third-order valence-corrected chi connectivity index (χ3v) is 5.40. The van der Waals surface area contributed by atoms with E-state index < -0.39 is 36.7 Å². The maximum atomic E-state index is 12.7. The van der Waals surface area contributed by atoms with Crippen molar-refractivity contribution in [3.05, 3.63) is 35.9 Å². The monoisotopic (exact) mass is 452 g/mol. The van der Waals surface area contributed by atoms with E-state index in [2.05, 4.69) is 20.8 Å². The van der Waals surface area contributed by atoms with Gasteiger partial charge in [0.15, 0.2) is 12.4 Å². The molecule has 182 valence electrons. The molecule has 2 unspecified atom stereocenters. The van der Waals surface area contributed by atoms with Crippen molar-refractivity contribution >= 4 is 5.97 Å². The molecule has 1 heterocycles. The molecule has 7 nitrogen and oxygen atoms in total. The summed E-state index contributed by atoms with van der Waals surface area (Å²) >= 11 is 0. The number of unbranched alkanes of at least 4 members (excludes halogenated alkanes) is 3. The van der Waals surface area contributed by atoms with E-state index in [1.807, 2.05) is 6.07 Å². The number of ether oxygens (including phenoxy) is 5. The average Bonchev–Trinajstić information content (AvgIpc) is 2.81. The van der Waals surface area contributed by atoms with Crippen molar-refractivity contribution in [1.82, 2.24) is 0 Å². The third-order valence-electron chi connectivity index (χ3n) is 5.40. The lowest BCUT2D eigenvalue weighted by Gasteiger charge is -2.44. The zero-order chi connectivity index (χ0) is 23.2. The number of hydrogen-bond donors (Lipinski definition) is 1. The van der Waals surface area contributed by atoms with Crippen LogP contribution in [0.1, 0.15) is 69.7 Å². The Morgan fingerprint density at radius 1 is 0.875 bits per heavy atom. The van der Waals surface area contributed by atoms with Crippen molar-refractivity contribution < 1.29 is 33.6 Å². The summed E-state index contributed by atoms with van der Waals surface area (Å²) in [6.07, 6.45) is 1.65. The van der Waals surface area contributed by atoms with E-state index in [1.165, 1.54) is 0 Å². The Hall–Kier alpha value is -1.51. The minimum atomic E-state index is -1.33. The number of carbonyl (C=O) groups excluding carboxylic acids is 1. The van der Waals surface area contributed by atoms with E-state index >= 15 is 0 Å². The molecule has 0 saturated carbocycles. The maximum absolute atomic E-state index is 12.7. The summed E-state index contributed by atoms with van der Waals surface area (Å²) in [5.74, 6) is -0.535. The first-order valence-electron chi connectivity index (χ1n) is 12.0. The molecule has 0 bridgehead atoms. The Bertz CT molecular complexity index is 624. The number of rotatable bonds is 15. The van der Waals surface area contributed by atoms with Gasteiger partial charge in [0.25, 0.3) is 0 Å². The quantitative estimate of drug-likeness (QED) is 0.317. The highest BCUT2D eigenvalue weighted by Crippen LogP contribution is 2.29. The van der Waals surface area contributed by atoms with Crippen LogP contribution in [0.4, 0.5) is 0 Å². The van der Waals surface area contributed by atoms with Crippen LogP contribution in [0.25, 0.3) is 0 Å². The topological polar surface area (TPSA) is 83.5 Å². The van der Waals surface area contributed by atoms with Gasteiger partial charge in [-0.2, -0.15) is 0 Å². The van der Waals surface area contributed by atoms with Crippen LogP contribution in [0.5, 0.6) is 0 Å². The van der Waals surface area contributed by atoms with Crippen LogP contribution >= 0.6 is 0 Å². The van der Waals surface area contributed by atoms with E-state index in [0.29, 0.717) is 25.4 Å². The Morgan fingerprint density at radius 3 is 2.09 bits per heavy atom. The van der Waals surface area contributed by atoms with Gasteiger partial charge in [-0.1, -0.05) is 58.2 Å². The first kappa shape index (κ1) is 26.7. The summed E-state index contributed by atoms with van der Waals surface area (Å²) in [7, 11) is 0. The number of aliphatic hydroxyl groups is 1. The molecule has 0 radical (unpaired) electrons. The summed E-state index contributed by atoms with van der Waals surface area (Å²) in [5, 5.41) is 10.8. The highest BCUT2D eigenvalue weighted by Gasteiger charge is 2.49. The molecule has 1 aromatic carbocycles. The van der Waals surface area contributed by atoms with Gasteiger partial charge in [-0.05, 0) is 31.4 Å². The van der Waals surface area contributed by atoms with E-state index in [-0.39, 0.29) is 6.61 Å². The van der Waals surface area contributed by atoms with Crippen LogP contribution in [-0.4, -0.2) is 68.2 Å². The van der Waals surface area contributed by atoms with Gasteiger partial charge in [0, 0.05) is 19.8 Å². The molecule has 0 aliphatic carbocycles. The van der Waals surface area contributed by atoms with Crippen LogP contribution < -0.4 is 0 Å². The van der Waals surface area contributed by atoms with Crippen LogP contribution in [0.3, 0.4) is 0 Å². The fourth-order valence-corrected chi connectivity index (χ4v) is 3.49. The van der Waals surface area contributed by atoms with E-state index in [0.717, 1.165) is 38.5 Å². The normalized spacial score (nSPS) is 25.6. The Balaban J connectivity index is 2.18. The number of benzene rings is 1. The van der Waals surface area contributed by atoms with E-state index in [1.54, 1.807) is 24.3 Å². The molecule has 0 amide bonds. The zero-order valence-electron chi connectivity index (χ0n) is 19.7. The van der Waals surface area contributed by atoms with Gasteiger partial charge >= 0.3 is 5.97 Å². The van der Waals surface area contributed by atoms with Gasteiger partial charge in [-0.3, -0.25) is 0 Å². The molecule has 32 heavy (non-hydrogen) atoms. The summed E-state index contributed by atoms with van der Waals surface area (Å²) in [5.41, 5.74) is 0.403. The van der Waals surface area contributed by atoms with Crippen LogP contribution in [0.15, 0.2) is 30.3 Å². The average molecular weight is 453 g/mol. The summed E-state index contributed by atoms with van der Waals surface area (Å²) in [4.78, 5) is 12.7. The second kappa shape index (κ2) is 15.3. The van der Waals surface area contributed by atoms with Crippen molar-refractivity contribution in [2.75, 3.05) is 26.4 Å². The highest BCUT2D eigenvalue weighted by atomic mass is 16.7. The maximum Gasteiger partial charge on any atom is 0.338 e. The Labute approximate surface area is 192 Å². The first-order chi connectivity index (χ1) is 15.6. The number of aliphatic hydroxyl groups excluding tert-OH is 1. The molecule has 7 heteroatoms. The van der Waals surface area contributed by atoms with Crippen molar-refractivity contribution in [3.63, 3.8) is 0 Å². The van der Waals surface area contributed by atoms with Crippen LogP contribution in [-0.2, 0) is 23.7 Å². The molecule has 1 aromatic rings. The standard InChI is InChI=1S/C25H40O7/c1-4-7-15-28-18-20-21(29-16-8-5-2)22(30-17-9-6-3)23(25(27)31-20)32-24(26)19-13-11-10-12-14-19/h10-14,20-23,25,27H,4-9,15-18H2,1-3H3/t20?,21-,22?,23-,25-/m1/s1. The fourth-order valence-electron chi connectivity index (χ4n) is 3.49. The molecule has 1 N–H and O–H groups in total. The molecule has 2 rings (SSSR count). The fraction of sp³-hybridized carbons (Fsp3) is 0.720.